The van der Waals surface area contributed by atoms with Crippen molar-refractivity contribution in [3.8, 4) is 0 Å². The lowest BCUT2D eigenvalue weighted by atomic mass is 9.86. The molecule has 0 aromatic heterocycles. The van der Waals surface area contributed by atoms with Crippen LogP contribution in [0.2, 0.25) is 0 Å². The average Bonchev–Trinajstić information content (AvgIpc) is 2.87. The first-order chi connectivity index (χ1) is 11.9. The highest BCUT2D eigenvalue weighted by Crippen LogP contribution is 2.31. The molecule has 4 heteroatoms. The summed E-state index contributed by atoms with van der Waals surface area (Å²) >= 11 is 0. The zero-order valence-electron chi connectivity index (χ0n) is 15.7. The first-order valence-corrected chi connectivity index (χ1v) is 9.25. The van der Waals surface area contributed by atoms with E-state index in [4.69, 9.17) is 0 Å². The maximum atomic E-state index is 12.5. The zero-order valence-corrected chi connectivity index (χ0v) is 15.7. The summed E-state index contributed by atoms with van der Waals surface area (Å²) in [7, 11) is 0. The number of amides is 3. The monoisotopic (exact) mass is 345 g/mol. The van der Waals surface area contributed by atoms with Crippen LogP contribution in [0.15, 0.2) is 37.0 Å². The minimum absolute atomic E-state index is 0.0426. The predicted molar refractivity (Wildman–Crippen MR) is 101 cm³/mol. The molecule has 1 rings (SSSR count). The van der Waals surface area contributed by atoms with Crippen molar-refractivity contribution in [1.29, 1.82) is 0 Å². The molecule has 25 heavy (non-hydrogen) atoms. The van der Waals surface area contributed by atoms with Crippen LogP contribution in [0.25, 0.3) is 0 Å². The van der Waals surface area contributed by atoms with E-state index in [2.05, 4.69) is 25.7 Å². The maximum absolute atomic E-state index is 12.5. The Bertz CT molecular complexity index is 547. The molecule has 0 aromatic rings. The Labute approximate surface area is 151 Å². The van der Waals surface area contributed by atoms with Gasteiger partial charge < -0.3 is 0 Å². The maximum Gasteiger partial charge on any atom is 0.240 e. The molecule has 138 valence electrons. The molecule has 1 fully saturated rings. The lowest BCUT2D eigenvalue weighted by molar-refractivity contribution is -0.149. The molecule has 3 amide bonds. The van der Waals surface area contributed by atoms with E-state index in [1.165, 1.54) is 19.8 Å². The van der Waals surface area contributed by atoms with Gasteiger partial charge in [0.15, 0.2) is 0 Å². The van der Waals surface area contributed by atoms with E-state index < -0.39 is 11.8 Å². The van der Waals surface area contributed by atoms with Gasteiger partial charge in [0.25, 0.3) is 0 Å². The quantitative estimate of drug-likeness (QED) is 0.334. The number of allylic oxidation sites excluding steroid dienone is 5. The summed E-state index contributed by atoms with van der Waals surface area (Å²) in [5.74, 6) is -1.49. The van der Waals surface area contributed by atoms with E-state index in [-0.39, 0.29) is 30.1 Å². The fraction of sp³-hybridized carbons (Fsp3) is 0.571. The first kappa shape index (κ1) is 21.1. The smallest absolute Gasteiger partial charge is 0.240 e. The largest absolute Gasteiger partial charge is 0.274 e. The van der Waals surface area contributed by atoms with Crippen molar-refractivity contribution in [2.75, 3.05) is 0 Å². The normalized spacial score (nSPS) is 20.6. The summed E-state index contributed by atoms with van der Waals surface area (Å²) in [4.78, 5) is 36.9. The lowest BCUT2D eigenvalue weighted by Crippen LogP contribution is -2.35. The van der Waals surface area contributed by atoms with Gasteiger partial charge >= 0.3 is 0 Å². The number of hydrogen-bond acceptors (Lipinski definition) is 3. The third-order valence-electron chi connectivity index (χ3n) is 4.60. The van der Waals surface area contributed by atoms with Crippen LogP contribution in [-0.2, 0) is 14.4 Å². The van der Waals surface area contributed by atoms with Crippen molar-refractivity contribution in [2.45, 2.75) is 59.3 Å². The standard InChI is InChI=1S/C21H31NO3/c1-5-7-8-9-10-11-12-18(14-13-16(3)6-2)19-15-20(24)22(17(4)23)21(19)25/h6,9-10,13-14,16,18-19H,2,5,7-8,11-12,15H2,1,3-4H3/b10-9+,14-13+. The van der Waals surface area contributed by atoms with Gasteiger partial charge in [-0.3, -0.25) is 14.4 Å². The SMILES string of the molecule is C=CC(C)/C=C/C(CC/C=C/CCCC)C1CC(=O)N(C(C)=O)C1=O. The second kappa shape index (κ2) is 10.8. The summed E-state index contributed by atoms with van der Waals surface area (Å²) < 4.78 is 0. The molecule has 1 aliphatic rings. The second-order valence-corrected chi connectivity index (χ2v) is 6.73. The number of nitrogens with zero attached hydrogens (tertiary/aromatic N) is 1. The van der Waals surface area contributed by atoms with E-state index in [1.54, 1.807) is 0 Å². The Balaban J connectivity index is 2.80. The minimum atomic E-state index is -0.487. The lowest BCUT2D eigenvalue weighted by Gasteiger charge is -2.18. The first-order valence-electron chi connectivity index (χ1n) is 9.25. The third kappa shape index (κ3) is 6.45. The van der Waals surface area contributed by atoms with Crippen molar-refractivity contribution < 1.29 is 14.4 Å². The van der Waals surface area contributed by atoms with Gasteiger partial charge in [0.05, 0.1) is 5.92 Å². The molecule has 0 saturated carbocycles. The van der Waals surface area contributed by atoms with Crippen LogP contribution in [0.5, 0.6) is 0 Å². The number of carbonyl (C=O) groups excluding carboxylic acids is 3. The molecule has 0 spiro atoms. The Hall–Kier alpha value is -1.97. The van der Waals surface area contributed by atoms with Crippen LogP contribution >= 0.6 is 0 Å². The van der Waals surface area contributed by atoms with Gasteiger partial charge in [-0.25, -0.2) is 4.90 Å². The summed E-state index contributed by atoms with van der Waals surface area (Å²) in [6, 6.07) is 0. The summed E-state index contributed by atoms with van der Waals surface area (Å²) in [5, 5.41) is 0. The Kier molecular flexibility index (Phi) is 9.11. The molecule has 1 heterocycles. The molecule has 0 aromatic carbocycles. The van der Waals surface area contributed by atoms with E-state index in [9.17, 15) is 14.4 Å². The van der Waals surface area contributed by atoms with Gasteiger partial charge in [-0.15, -0.1) is 6.58 Å². The van der Waals surface area contributed by atoms with Crippen molar-refractivity contribution >= 4 is 17.7 Å². The number of rotatable bonds is 10. The van der Waals surface area contributed by atoms with E-state index in [0.29, 0.717) is 0 Å². The van der Waals surface area contributed by atoms with Crippen LogP contribution in [0, 0.1) is 17.8 Å². The van der Waals surface area contributed by atoms with E-state index >= 15 is 0 Å². The van der Waals surface area contributed by atoms with Gasteiger partial charge in [0.1, 0.15) is 0 Å². The summed E-state index contributed by atoms with van der Waals surface area (Å²) in [6.45, 7) is 9.22. The van der Waals surface area contributed by atoms with E-state index in [0.717, 1.165) is 24.2 Å². The molecule has 0 radical (unpaired) electrons. The number of unbranched alkanes of at least 4 members (excludes halogenated alkanes) is 2. The number of hydrogen-bond donors (Lipinski definition) is 0. The van der Waals surface area contributed by atoms with Crippen molar-refractivity contribution in [1.82, 2.24) is 4.90 Å². The molecule has 4 nitrogen and oxygen atoms in total. The molecule has 0 aliphatic carbocycles. The average molecular weight is 345 g/mol. The topological polar surface area (TPSA) is 54.5 Å². The minimum Gasteiger partial charge on any atom is -0.274 e. The molecule has 1 saturated heterocycles. The van der Waals surface area contributed by atoms with Crippen molar-refractivity contribution in [3.05, 3.63) is 37.0 Å². The summed E-state index contributed by atoms with van der Waals surface area (Å²) in [5.41, 5.74) is 0. The Morgan fingerprint density at radius 3 is 2.52 bits per heavy atom. The molecule has 3 unspecified atom stereocenters. The van der Waals surface area contributed by atoms with Crippen LogP contribution in [0.1, 0.15) is 59.3 Å². The predicted octanol–water partition coefficient (Wildman–Crippen LogP) is 4.43. The molecular weight excluding hydrogens is 314 g/mol. The highest BCUT2D eigenvalue weighted by Gasteiger charge is 2.43. The molecular formula is C21H31NO3. The molecule has 0 bridgehead atoms. The molecule has 1 aliphatic heterocycles. The fourth-order valence-corrected chi connectivity index (χ4v) is 3.00. The number of imide groups is 3. The van der Waals surface area contributed by atoms with Crippen LogP contribution in [0.4, 0.5) is 0 Å². The number of carbonyl (C=O) groups is 3. The third-order valence-corrected chi connectivity index (χ3v) is 4.60. The Morgan fingerprint density at radius 1 is 1.28 bits per heavy atom. The van der Waals surface area contributed by atoms with Crippen molar-refractivity contribution in [2.24, 2.45) is 17.8 Å². The molecule has 0 N–H and O–H groups in total. The van der Waals surface area contributed by atoms with Crippen molar-refractivity contribution in [3.63, 3.8) is 0 Å². The van der Waals surface area contributed by atoms with Gasteiger partial charge in [-0.2, -0.15) is 0 Å². The fourth-order valence-electron chi connectivity index (χ4n) is 3.00. The van der Waals surface area contributed by atoms with Gasteiger partial charge in [-0.1, -0.05) is 57.1 Å². The Morgan fingerprint density at radius 2 is 1.96 bits per heavy atom. The second-order valence-electron chi connectivity index (χ2n) is 6.73. The highest BCUT2D eigenvalue weighted by molar-refractivity contribution is 6.15. The molecule has 3 atom stereocenters. The van der Waals surface area contributed by atoms with Crippen LogP contribution in [0.3, 0.4) is 0 Å². The van der Waals surface area contributed by atoms with Gasteiger partial charge in [0, 0.05) is 13.3 Å². The van der Waals surface area contributed by atoms with Gasteiger partial charge in [-0.05, 0) is 31.1 Å². The zero-order chi connectivity index (χ0) is 18.8. The summed E-state index contributed by atoms with van der Waals surface area (Å²) in [6.07, 6.45) is 15.4. The van der Waals surface area contributed by atoms with E-state index in [1.807, 2.05) is 25.2 Å². The van der Waals surface area contributed by atoms with Gasteiger partial charge in [0.2, 0.25) is 17.7 Å². The van der Waals surface area contributed by atoms with Crippen LogP contribution < -0.4 is 0 Å². The highest BCUT2D eigenvalue weighted by atomic mass is 16.2. The number of likely N-dealkylation sites (tertiary alicyclic amines) is 1. The van der Waals surface area contributed by atoms with Crippen LogP contribution in [-0.4, -0.2) is 22.6 Å².